The third kappa shape index (κ3) is 8.94. The molecule has 0 fully saturated rings. The van der Waals surface area contributed by atoms with Crippen LogP contribution in [0.1, 0.15) is 16.7 Å². The third-order valence-corrected chi connectivity index (χ3v) is 0.272. The summed E-state index contributed by atoms with van der Waals surface area (Å²) >= 11 is 0. The van der Waals surface area contributed by atoms with Gasteiger partial charge in [-0.1, -0.05) is 13.8 Å². The van der Waals surface area contributed by atoms with E-state index in [1.165, 1.54) is 0 Å². The molecule has 0 spiro atoms. The van der Waals surface area contributed by atoms with Crippen molar-refractivity contribution >= 4 is 51.8 Å². The number of hydrogen-bond acceptors (Lipinski definition) is 1. The van der Waals surface area contributed by atoms with Crippen molar-refractivity contribution < 1.29 is 7.65 Å². The minimum absolute atomic E-state index is 0. The van der Waals surface area contributed by atoms with E-state index < -0.39 is 0 Å². The molecule has 0 unspecified atom stereocenters. The number of carbonyl (C=O) groups is 1. The van der Waals surface area contributed by atoms with E-state index >= 15 is 0 Å². The second-order valence-corrected chi connectivity index (χ2v) is 1.38. The van der Waals surface area contributed by atoms with Crippen molar-refractivity contribution in [3.63, 3.8) is 0 Å². The van der Waals surface area contributed by atoms with Crippen molar-refractivity contribution in [2.75, 3.05) is 0 Å². The van der Waals surface area contributed by atoms with Gasteiger partial charge in [0, 0.05) is 5.92 Å². The second-order valence-electron chi connectivity index (χ2n) is 1.38. The summed E-state index contributed by atoms with van der Waals surface area (Å²) in [6.45, 7) is 3.71. The van der Waals surface area contributed by atoms with Gasteiger partial charge in [-0.2, -0.15) is 0 Å². The van der Waals surface area contributed by atoms with Gasteiger partial charge in [0.1, 0.15) is 6.29 Å². The van der Waals surface area contributed by atoms with Crippen molar-refractivity contribution in [2.45, 2.75) is 13.8 Å². The molecule has 0 aromatic heterocycles. The maximum atomic E-state index is 9.50. The molecule has 0 atom stereocenters. The molecule has 0 aliphatic carbocycles. The predicted molar refractivity (Wildman–Crippen MR) is 28.9 cm³/mol. The standard InChI is InChI=1S/C4H8O.Sr.2H/c1-4(2)3-5;;;/h3-4H,1-2H3;;;/q;+2;2*-1. The Balaban J connectivity index is -0.0000000267. The van der Waals surface area contributed by atoms with E-state index in [1.54, 1.807) is 0 Å². The Morgan fingerprint density at radius 1 is 1.67 bits per heavy atom. The summed E-state index contributed by atoms with van der Waals surface area (Å²) in [7, 11) is 0. The van der Waals surface area contributed by atoms with Gasteiger partial charge in [-0.25, -0.2) is 0 Å². The van der Waals surface area contributed by atoms with E-state index in [2.05, 4.69) is 0 Å². The van der Waals surface area contributed by atoms with E-state index in [0.717, 1.165) is 6.29 Å². The van der Waals surface area contributed by atoms with Crippen molar-refractivity contribution in [3.8, 4) is 0 Å². The molecular weight excluding hydrogens is 152 g/mol. The molecule has 0 saturated carbocycles. The van der Waals surface area contributed by atoms with Crippen LogP contribution < -0.4 is 0 Å². The quantitative estimate of drug-likeness (QED) is 0.409. The van der Waals surface area contributed by atoms with Gasteiger partial charge in [-0.15, -0.1) is 0 Å². The monoisotopic (exact) mass is 162 g/mol. The molecule has 0 bridgehead atoms. The van der Waals surface area contributed by atoms with E-state index in [9.17, 15) is 4.79 Å². The van der Waals surface area contributed by atoms with Crippen molar-refractivity contribution in [1.29, 1.82) is 0 Å². The van der Waals surface area contributed by atoms with Crippen LogP contribution in [0, 0.1) is 5.92 Å². The molecule has 0 aromatic carbocycles. The molecule has 0 radical (unpaired) electrons. The van der Waals surface area contributed by atoms with Gasteiger partial charge in [0.25, 0.3) is 0 Å². The van der Waals surface area contributed by atoms with Crippen molar-refractivity contribution in [1.82, 2.24) is 0 Å². The Labute approximate surface area is 78.4 Å². The number of rotatable bonds is 1. The summed E-state index contributed by atoms with van der Waals surface area (Å²) in [4.78, 5) is 9.50. The van der Waals surface area contributed by atoms with E-state index in [0.29, 0.717) is 0 Å². The van der Waals surface area contributed by atoms with Gasteiger partial charge in [0.15, 0.2) is 0 Å². The predicted octanol–water partition coefficient (Wildman–Crippen LogP) is 0.685. The minimum Gasteiger partial charge on any atom is -1.00 e. The zero-order valence-corrected chi connectivity index (χ0v) is 7.75. The van der Waals surface area contributed by atoms with Gasteiger partial charge < -0.3 is 7.65 Å². The zero-order chi connectivity index (χ0) is 4.28. The van der Waals surface area contributed by atoms with Crippen LogP contribution >= 0.6 is 0 Å². The fourth-order valence-electron chi connectivity index (χ4n) is 0. The molecule has 0 saturated heterocycles. The van der Waals surface area contributed by atoms with E-state index in [1.807, 2.05) is 13.8 Å². The van der Waals surface area contributed by atoms with Crippen LogP contribution in [0.5, 0.6) is 0 Å². The van der Waals surface area contributed by atoms with E-state index in [-0.39, 0.29) is 54.3 Å². The number of aldehydes is 1. The molecule has 34 valence electrons. The van der Waals surface area contributed by atoms with Gasteiger partial charge in [-0.05, 0) is 0 Å². The molecule has 0 aromatic rings. The van der Waals surface area contributed by atoms with E-state index in [4.69, 9.17) is 0 Å². The fourth-order valence-corrected chi connectivity index (χ4v) is 0. The maximum Gasteiger partial charge on any atom is 2.00 e. The van der Waals surface area contributed by atoms with Gasteiger partial charge in [0.2, 0.25) is 0 Å². The maximum absolute atomic E-state index is 9.50. The van der Waals surface area contributed by atoms with Crippen LogP contribution in [0.25, 0.3) is 0 Å². The van der Waals surface area contributed by atoms with Gasteiger partial charge >= 0.3 is 45.5 Å². The molecular formula is C4H10OSr. The molecule has 0 rings (SSSR count). The first-order valence-corrected chi connectivity index (χ1v) is 1.72. The first-order valence-electron chi connectivity index (χ1n) is 1.72. The Morgan fingerprint density at radius 2 is 1.83 bits per heavy atom. The normalized spacial score (nSPS) is 7.17. The summed E-state index contributed by atoms with van der Waals surface area (Å²) in [6, 6.07) is 0. The van der Waals surface area contributed by atoms with Crippen molar-refractivity contribution in [3.05, 3.63) is 0 Å². The smallest absolute Gasteiger partial charge is 1.00 e. The summed E-state index contributed by atoms with van der Waals surface area (Å²) in [5.41, 5.74) is 0. The molecule has 0 aliphatic rings. The summed E-state index contributed by atoms with van der Waals surface area (Å²) in [5.74, 6) is 0.204. The summed E-state index contributed by atoms with van der Waals surface area (Å²) in [6.07, 6.45) is 0.917. The average Bonchev–Trinajstić information content (AvgIpc) is 1.38. The van der Waals surface area contributed by atoms with Gasteiger partial charge in [-0.3, -0.25) is 0 Å². The Bertz CT molecular complexity index is 41.0. The third-order valence-electron chi connectivity index (χ3n) is 0.272. The Morgan fingerprint density at radius 3 is 1.83 bits per heavy atom. The number of hydrogen-bond donors (Lipinski definition) is 0. The van der Waals surface area contributed by atoms with Gasteiger partial charge in [0.05, 0.1) is 0 Å². The molecule has 0 aliphatic heterocycles. The molecule has 1 nitrogen and oxygen atoms in total. The van der Waals surface area contributed by atoms with Crippen LogP contribution in [0.3, 0.4) is 0 Å². The SMILES string of the molecule is CC(C)C=O.[H-].[H-].[Sr+2]. The Hall–Kier alpha value is 1.15. The van der Waals surface area contributed by atoms with Crippen LogP contribution in [-0.2, 0) is 4.79 Å². The number of carbonyl (C=O) groups excluding carboxylic acids is 1. The summed E-state index contributed by atoms with van der Waals surface area (Å²) < 4.78 is 0. The van der Waals surface area contributed by atoms with Crippen LogP contribution in [-0.4, -0.2) is 51.8 Å². The topological polar surface area (TPSA) is 17.1 Å². The molecule has 0 N–H and O–H groups in total. The first-order chi connectivity index (χ1) is 2.27. The molecule has 6 heavy (non-hydrogen) atoms. The molecule has 0 amide bonds. The summed E-state index contributed by atoms with van der Waals surface area (Å²) in [5, 5.41) is 0. The van der Waals surface area contributed by atoms with Crippen LogP contribution in [0.4, 0.5) is 0 Å². The Kier molecular flexibility index (Phi) is 10.5. The second kappa shape index (κ2) is 6.15. The first kappa shape index (κ1) is 10.2. The van der Waals surface area contributed by atoms with Crippen LogP contribution in [0.2, 0.25) is 0 Å². The largest absolute Gasteiger partial charge is 2.00 e. The fraction of sp³-hybridized carbons (Fsp3) is 0.750. The zero-order valence-electron chi connectivity index (χ0n) is 6.27. The van der Waals surface area contributed by atoms with Crippen LogP contribution in [0.15, 0.2) is 0 Å². The molecule has 0 heterocycles. The molecule has 2 heteroatoms. The average molecular weight is 162 g/mol. The minimum atomic E-state index is 0. The van der Waals surface area contributed by atoms with Crippen molar-refractivity contribution in [2.24, 2.45) is 5.92 Å².